The number of nitrogens with zero attached hydrogens (tertiary/aromatic N) is 1. The molecule has 1 heterocycles. The number of carbonyl (C=O) groups is 1. The van der Waals surface area contributed by atoms with Crippen molar-refractivity contribution in [2.45, 2.75) is 44.3 Å². The van der Waals surface area contributed by atoms with Crippen LogP contribution in [0, 0.1) is 5.92 Å². The number of aliphatic carboxylic acids is 1. The molecule has 114 valence electrons. The predicted molar refractivity (Wildman–Crippen MR) is 81.9 cm³/mol. The summed E-state index contributed by atoms with van der Waals surface area (Å²) in [7, 11) is 1.79. The third kappa shape index (κ3) is 2.58. The van der Waals surface area contributed by atoms with Gasteiger partial charge in [-0.15, -0.1) is 0 Å². The second kappa shape index (κ2) is 5.78. The van der Waals surface area contributed by atoms with Crippen LogP contribution in [0.2, 0.25) is 0 Å². The second-order valence-electron chi connectivity index (χ2n) is 6.38. The Kier molecular flexibility index (Phi) is 4.00. The van der Waals surface area contributed by atoms with E-state index in [2.05, 4.69) is 34.5 Å². The fourth-order valence-corrected chi connectivity index (χ4v) is 4.09. The molecular formula is C17H24N2O2. The molecule has 2 aliphatic rings. The zero-order valence-electron chi connectivity index (χ0n) is 12.6. The molecule has 1 saturated carbocycles. The lowest BCUT2D eigenvalue weighted by Gasteiger charge is -2.32. The van der Waals surface area contributed by atoms with Crippen LogP contribution in [-0.2, 0) is 17.9 Å². The van der Waals surface area contributed by atoms with E-state index in [0.717, 1.165) is 45.3 Å². The normalized spacial score (nSPS) is 28.7. The van der Waals surface area contributed by atoms with E-state index >= 15 is 0 Å². The highest BCUT2D eigenvalue weighted by Gasteiger charge is 2.47. The molecule has 0 aromatic heterocycles. The SMILES string of the molecule is CNC1(C(=O)O)CCCC1CCN1Cc2ccccc2C1. The van der Waals surface area contributed by atoms with Crippen LogP contribution in [0.1, 0.15) is 36.8 Å². The summed E-state index contributed by atoms with van der Waals surface area (Å²) in [6, 6.07) is 8.58. The van der Waals surface area contributed by atoms with Crippen molar-refractivity contribution >= 4 is 5.97 Å². The molecule has 0 radical (unpaired) electrons. The number of likely N-dealkylation sites (N-methyl/N-ethyl adjacent to an activating group) is 1. The Bertz CT molecular complexity index is 506. The highest BCUT2D eigenvalue weighted by Crippen LogP contribution is 2.38. The van der Waals surface area contributed by atoms with E-state index in [1.807, 2.05) is 0 Å². The van der Waals surface area contributed by atoms with E-state index in [1.54, 1.807) is 7.05 Å². The van der Waals surface area contributed by atoms with Gasteiger partial charge < -0.3 is 10.4 Å². The molecule has 3 rings (SSSR count). The number of nitrogens with one attached hydrogen (secondary N) is 1. The summed E-state index contributed by atoms with van der Waals surface area (Å²) >= 11 is 0. The molecule has 2 unspecified atom stereocenters. The zero-order valence-corrected chi connectivity index (χ0v) is 12.6. The molecule has 4 heteroatoms. The summed E-state index contributed by atoms with van der Waals surface area (Å²) in [6.07, 6.45) is 3.75. The maximum absolute atomic E-state index is 11.7. The van der Waals surface area contributed by atoms with Gasteiger partial charge in [0.2, 0.25) is 0 Å². The smallest absolute Gasteiger partial charge is 0.324 e. The minimum Gasteiger partial charge on any atom is -0.480 e. The van der Waals surface area contributed by atoms with Gasteiger partial charge in [0.15, 0.2) is 0 Å². The van der Waals surface area contributed by atoms with Gasteiger partial charge in [0, 0.05) is 13.1 Å². The van der Waals surface area contributed by atoms with Gasteiger partial charge in [-0.3, -0.25) is 9.69 Å². The molecule has 0 saturated heterocycles. The van der Waals surface area contributed by atoms with Crippen LogP contribution < -0.4 is 5.32 Å². The Balaban J connectivity index is 1.60. The van der Waals surface area contributed by atoms with Gasteiger partial charge in [0.05, 0.1) is 0 Å². The molecule has 21 heavy (non-hydrogen) atoms. The van der Waals surface area contributed by atoms with Crippen LogP contribution in [-0.4, -0.2) is 35.1 Å². The average molecular weight is 288 g/mol. The standard InChI is InChI=1S/C17H24N2O2/c1-18-17(16(20)21)9-4-7-15(17)8-10-19-11-13-5-2-3-6-14(13)12-19/h2-3,5-6,15,18H,4,7-12H2,1H3,(H,20,21). The second-order valence-corrected chi connectivity index (χ2v) is 6.38. The van der Waals surface area contributed by atoms with E-state index in [9.17, 15) is 9.90 Å². The van der Waals surface area contributed by atoms with Crippen LogP contribution in [0.25, 0.3) is 0 Å². The van der Waals surface area contributed by atoms with Crippen LogP contribution in [0.15, 0.2) is 24.3 Å². The Morgan fingerprint density at radius 1 is 1.38 bits per heavy atom. The molecule has 1 fully saturated rings. The lowest BCUT2D eigenvalue weighted by atomic mass is 9.84. The first-order valence-electron chi connectivity index (χ1n) is 7.87. The summed E-state index contributed by atoms with van der Waals surface area (Å²) in [6.45, 7) is 2.99. The third-order valence-corrected chi connectivity index (χ3v) is 5.35. The number of hydrogen-bond donors (Lipinski definition) is 2. The highest BCUT2D eigenvalue weighted by molar-refractivity contribution is 5.79. The largest absolute Gasteiger partial charge is 0.480 e. The van der Waals surface area contributed by atoms with Gasteiger partial charge in [0.1, 0.15) is 5.54 Å². The molecule has 2 N–H and O–H groups in total. The highest BCUT2D eigenvalue weighted by atomic mass is 16.4. The Morgan fingerprint density at radius 2 is 2.05 bits per heavy atom. The maximum atomic E-state index is 11.7. The van der Waals surface area contributed by atoms with Crippen LogP contribution in [0.4, 0.5) is 0 Å². The van der Waals surface area contributed by atoms with Gasteiger partial charge in [-0.05, 0) is 49.9 Å². The summed E-state index contributed by atoms with van der Waals surface area (Å²) in [4.78, 5) is 14.1. The Morgan fingerprint density at radius 3 is 2.62 bits per heavy atom. The number of benzene rings is 1. The lowest BCUT2D eigenvalue weighted by molar-refractivity contribution is -0.146. The van der Waals surface area contributed by atoms with Crippen molar-refractivity contribution in [1.82, 2.24) is 10.2 Å². The Hall–Kier alpha value is -1.39. The summed E-state index contributed by atoms with van der Waals surface area (Å²) in [5.41, 5.74) is 2.14. The average Bonchev–Trinajstić information content (AvgIpc) is 3.08. The van der Waals surface area contributed by atoms with E-state index in [1.165, 1.54) is 11.1 Å². The maximum Gasteiger partial charge on any atom is 0.324 e. The molecule has 1 aromatic carbocycles. The molecule has 4 nitrogen and oxygen atoms in total. The minimum absolute atomic E-state index is 0.240. The predicted octanol–water partition coefficient (Wildman–Crippen LogP) is 2.24. The number of carboxylic acids is 1. The van der Waals surface area contributed by atoms with E-state index in [-0.39, 0.29) is 5.92 Å². The number of fused-ring (bicyclic) bond motifs is 1. The first kappa shape index (κ1) is 14.5. The molecule has 2 atom stereocenters. The lowest BCUT2D eigenvalue weighted by Crippen LogP contribution is -2.53. The van der Waals surface area contributed by atoms with Gasteiger partial charge >= 0.3 is 5.97 Å². The zero-order chi connectivity index (χ0) is 14.9. The van der Waals surface area contributed by atoms with Crippen molar-refractivity contribution in [3.63, 3.8) is 0 Å². The quantitative estimate of drug-likeness (QED) is 0.872. The first-order valence-corrected chi connectivity index (χ1v) is 7.87. The molecule has 0 amide bonds. The van der Waals surface area contributed by atoms with Gasteiger partial charge in [0.25, 0.3) is 0 Å². The number of carboxylic acid groups (broad SMARTS) is 1. The molecular weight excluding hydrogens is 264 g/mol. The van der Waals surface area contributed by atoms with Crippen molar-refractivity contribution in [2.24, 2.45) is 5.92 Å². The monoisotopic (exact) mass is 288 g/mol. The van der Waals surface area contributed by atoms with E-state index in [4.69, 9.17) is 0 Å². The van der Waals surface area contributed by atoms with E-state index < -0.39 is 11.5 Å². The Labute approximate surface area is 126 Å². The molecule has 1 aliphatic heterocycles. The molecule has 1 aromatic rings. The third-order valence-electron chi connectivity index (χ3n) is 5.35. The fourth-order valence-electron chi connectivity index (χ4n) is 4.09. The van der Waals surface area contributed by atoms with Crippen molar-refractivity contribution < 1.29 is 9.90 Å². The van der Waals surface area contributed by atoms with Crippen LogP contribution in [0.5, 0.6) is 0 Å². The summed E-state index contributed by atoms with van der Waals surface area (Å²) < 4.78 is 0. The summed E-state index contributed by atoms with van der Waals surface area (Å²) in [5, 5.41) is 12.7. The van der Waals surface area contributed by atoms with Crippen molar-refractivity contribution in [2.75, 3.05) is 13.6 Å². The molecule has 0 bridgehead atoms. The molecule has 1 aliphatic carbocycles. The fraction of sp³-hybridized carbons (Fsp3) is 0.588. The van der Waals surface area contributed by atoms with Crippen molar-refractivity contribution in [3.8, 4) is 0 Å². The summed E-state index contributed by atoms with van der Waals surface area (Å²) in [5.74, 6) is -0.444. The van der Waals surface area contributed by atoms with Crippen LogP contribution >= 0.6 is 0 Å². The van der Waals surface area contributed by atoms with Gasteiger partial charge in [-0.1, -0.05) is 30.7 Å². The number of hydrogen-bond acceptors (Lipinski definition) is 3. The van der Waals surface area contributed by atoms with E-state index in [0.29, 0.717) is 0 Å². The van der Waals surface area contributed by atoms with Crippen molar-refractivity contribution in [3.05, 3.63) is 35.4 Å². The molecule has 0 spiro atoms. The van der Waals surface area contributed by atoms with Crippen molar-refractivity contribution in [1.29, 1.82) is 0 Å². The minimum atomic E-state index is -0.702. The van der Waals surface area contributed by atoms with Crippen LogP contribution in [0.3, 0.4) is 0 Å². The van der Waals surface area contributed by atoms with Gasteiger partial charge in [-0.25, -0.2) is 0 Å². The topological polar surface area (TPSA) is 52.6 Å². The van der Waals surface area contributed by atoms with Gasteiger partial charge in [-0.2, -0.15) is 0 Å². The number of rotatable bonds is 5. The first-order chi connectivity index (χ1) is 10.2.